The Kier molecular flexibility index (Phi) is 9.61. The predicted octanol–water partition coefficient (Wildman–Crippen LogP) is 4.13. The van der Waals surface area contributed by atoms with Gasteiger partial charge in [0.05, 0.1) is 11.9 Å². The third kappa shape index (κ3) is 7.79. The summed E-state index contributed by atoms with van der Waals surface area (Å²) in [5, 5.41) is 3.67. The molecule has 2 aromatic rings. The van der Waals surface area contributed by atoms with Gasteiger partial charge in [-0.3, -0.25) is 13.9 Å². The first kappa shape index (κ1) is 29.0. The molecular formula is C28H36ClN3O6S. The lowest BCUT2D eigenvalue weighted by atomic mass is 10.1. The van der Waals surface area contributed by atoms with Crippen LogP contribution in [0.1, 0.15) is 51.0 Å². The van der Waals surface area contributed by atoms with Crippen LogP contribution in [0, 0.1) is 0 Å². The summed E-state index contributed by atoms with van der Waals surface area (Å²) < 4.78 is 37.7. The number of anilines is 1. The highest BCUT2D eigenvalue weighted by molar-refractivity contribution is 7.92. The third-order valence-electron chi connectivity index (χ3n) is 7.10. The van der Waals surface area contributed by atoms with E-state index in [2.05, 4.69) is 5.32 Å². The molecular weight excluding hydrogens is 542 g/mol. The summed E-state index contributed by atoms with van der Waals surface area (Å²) in [4.78, 5) is 28.1. The number of carbonyl (C=O) groups excluding carboxylic acids is 2. The first-order valence-corrected chi connectivity index (χ1v) is 15.6. The van der Waals surface area contributed by atoms with E-state index >= 15 is 0 Å². The number of hydrogen-bond acceptors (Lipinski definition) is 6. The van der Waals surface area contributed by atoms with Crippen molar-refractivity contribution in [1.82, 2.24) is 10.2 Å². The number of amides is 2. The normalized spacial score (nSPS) is 16.0. The van der Waals surface area contributed by atoms with Crippen molar-refractivity contribution >= 4 is 39.1 Å². The number of fused-ring (bicyclic) bond motifs is 1. The fourth-order valence-corrected chi connectivity index (χ4v) is 6.04. The van der Waals surface area contributed by atoms with E-state index < -0.39 is 16.1 Å². The monoisotopic (exact) mass is 577 g/mol. The first-order chi connectivity index (χ1) is 18.6. The molecule has 1 atom stereocenters. The van der Waals surface area contributed by atoms with Gasteiger partial charge in [0.1, 0.15) is 19.3 Å². The zero-order valence-corrected chi connectivity index (χ0v) is 24.0. The van der Waals surface area contributed by atoms with Crippen molar-refractivity contribution in [3.05, 3.63) is 53.1 Å². The van der Waals surface area contributed by atoms with Gasteiger partial charge in [0.25, 0.3) is 0 Å². The minimum atomic E-state index is -3.62. The van der Waals surface area contributed by atoms with Crippen molar-refractivity contribution in [1.29, 1.82) is 0 Å². The molecule has 0 aromatic heterocycles. The SMILES string of the molecule is C[C@H](C(=O)NC1CCCC1)N(Cc1ccc(Cl)cc1)C(=O)CCCN(c1ccc2c(c1)OCCO2)S(C)(=O)=O. The Hall–Kier alpha value is -2.98. The van der Waals surface area contributed by atoms with E-state index in [1.54, 1.807) is 42.2 Å². The lowest BCUT2D eigenvalue weighted by molar-refractivity contribution is -0.141. The minimum Gasteiger partial charge on any atom is -0.486 e. The van der Waals surface area contributed by atoms with E-state index in [4.69, 9.17) is 21.1 Å². The van der Waals surface area contributed by atoms with E-state index in [1.165, 1.54) is 4.31 Å². The lowest BCUT2D eigenvalue weighted by Gasteiger charge is -2.30. The van der Waals surface area contributed by atoms with E-state index in [0.717, 1.165) is 37.5 Å². The van der Waals surface area contributed by atoms with Gasteiger partial charge < -0.3 is 19.7 Å². The van der Waals surface area contributed by atoms with E-state index in [1.807, 2.05) is 12.1 Å². The minimum absolute atomic E-state index is 0.0746. The number of nitrogens with one attached hydrogen (secondary N) is 1. The van der Waals surface area contributed by atoms with Gasteiger partial charge in [-0.1, -0.05) is 36.6 Å². The number of benzene rings is 2. The standard InChI is InChI=1S/C28H36ClN3O6S/c1-20(28(34)30-23-6-3-4-7-23)31(19-21-9-11-22(29)12-10-21)27(33)8-5-15-32(39(2,35)36)24-13-14-25-26(18-24)38-17-16-37-25/h9-14,18,20,23H,3-8,15-17,19H2,1-2H3,(H,30,34)/t20-/m1/s1. The van der Waals surface area contributed by atoms with Crippen LogP contribution in [-0.2, 0) is 26.2 Å². The van der Waals surface area contributed by atoms with Crippen LogP contribution >= 0.6 is 11.6 Å². The predicted molar refractivity (Wildman–Crippen MR) is 151 cm³/mol. The number of nitrogens with zero attached hydrogens (tertiary/aromatic N) is 2. The van der Waals surface area contributed by atoms with Gasteiger partial charge in [0.15, 0.2) is 11.5 Å². The highest BCUT2D eigenvalue weighted by Gasteiger charge is 2.29. The fourth-order valence-electron chi connectivity index (χ4n) is 4.95. The summed E-state index contributed by atoms with van der Waals surface area (Å²) >= 11 is 6.03. The van der Waals surface area contributed by atoms with Crippen molar-refractivity contribution < 1.29 is 27.5 Å². The average molecular weight is 578 g/mol. The van der Waals surface area contributed by atoms with Crippen molar-refractivity contribution in [2.45, 2.75) is 64.1 Å². The molecule has 212 valence electrons. The Morgan fingerprint density at radius 2 is 1.72 bits per heavy atom. The van der Waals surface area contributed by atoms with Crippen LogP contribution in [0.2, 0.25) is 5.02 Å². The first-order valence-electron chi connectivity index (χ1n) is 13.3. The highest BCUT2D eigenvalue weighted by Crippen LogP contribution is 2.34. The molecule has 1 heterocycles. The molecule has 0 bridgehead atoms. The summed E-state index contributed by atoms with van der Waals surface area (Å²) in [7, 11) is -3.62. The van der Waals surface area contributed by atoms with Crippen molar-refractivity contribution in [2.75, 3.05) is 30.3 Å². The molecule has 1 aliphatic heterocycles. The molecule has 4 rings (SSSR count). The smallest absolute Gasteiger partial charge is 0.242 e. The Morgan fingerprint density at radius 3 is 2.38 bits per heavy atom. The molecule has 0 saturated heterocycles. The van der Waals surface area contributed by atoms with Gasteiger partial charge in [0, 0.05) is 36.6 Å². The molecule has 1 aliphatic carbocycles. The van der Waals surface area contributed by atoms with Gasteiger partial charge >= 0.3 is 0 Å². The Bertz CT molecular complexity index is 1260. The van der Waals surface area contributed by atoms with Crippen LogP contribution in [0.15, 0.2) is 42.5 Å². The van der Waals surface area contributed by atoms with Crippen molar-refractivity contribution in [2.24, 2.45) is 0 Å². The van der Waals surface area contributed by atoms with Gasteiger partial charge in [-0.05, 0) is 56.0 Å². The molecule has 2 amide bonds. The van der Waals surface area contributed by atoms with Gasteiger partial charge in [-0.15, -0.1) is 0 Å². The number of sulfonamides is 1. The van der Waals surface area contributed by atoms with Crippen LogP contribution in [0.5, 0.6) is 11.5 Å². The van der Waals surface area contributed by atoms with Crippen LogP contribution < -0.4 is 19.1 Å². The number of rotatable bonds is 11. The molecule has 0 radical (unpaired) electrons. The fraction of sp³-hybridized carbons (Fsp3) is 0.500. The van der Waals surface area contributed by atoms with Crippen molar-refractivity contribution in [3.8, 4) is 11.5 Å². The Labute approximate surface area is 235 Å². The molecule has 0 unspecified atom stereocenters. The molecule has 1 N–H and O–H groups in total. The maximum absolute atomic E-state index is 13.5. The second-order valence-electron chi connectivity index (χ2n) is 10.1. The zero-order valence-electron chi connectivity index (χ0n) is 22.4. The molecule has 39 heavy (non-hydrogen) atoms. The second kappa shape index (κ2) is 12.9. The molecule has 2 aromatic carbocycles. The molecule has 2 aliphatic rings. The summed E-state index contributed by atoms with van der Waals surface area (Å²) in [6.45, 7) is 2.90. The summed E-state index contributed by atoms with van der Waals surface area (Å²) in [6, 6.07) is 11.6. The molecule has 0 spiro atoms. The lowest BCUT2D eigenvalue weighted by Crippen LogP contribution is -2.49. The quantitative estimate of drug-likeness (QED) is 0.430. The maximum Gasteiger partial charge on any atom is 0.242 e. The van der Waals surface area contributed by atoms with Crippen LogP contribution in [-0.4, -0.2) is 63.2 Å². The summed E-state index contributed by atoms with van der Waals surface area (Å²) in [5.74, 6) is 0.643. The number of carbonyl (C=O) groups is 2. The number of halogens is 1. The van der Waals surface area contributed by atoms with Crippen LogP contribution in [0.25, 0.3) is 0 Å². The zero-order chi connectivity index (χ0) is 28.0. The van der Waals surface area contributed by atoms with E-state index in [-0.39, 0.29) is 43.8 Å². The molecule has 1 fully saturated rings. The van der Waals surface area contributed by atoms with Gasteiger partial charge in [0.2, 0.25) is 21.8 Å². The maximum atomic E-state index is 13.5. The van der Waals surface area contributed by atoms with E-state index in [9.17, 15) is 18.0 Å². The molecule has 1 saturated carbocycles. The Morgan fingerprint density at radius 1 is 1.05 bits per heavy atom. The largest absolute Gasteiger partial charge is 0.486 e. The van der Waals surface area contributed by atoms with Gasteiger partial charge in [-0.2, -0.15) is 0 Å². The van der Waals surface area contributed by atoms with Crippen LogP contribution in [0.4, 0.5) is 5.69 Å². The summed E-state index contributed by atoms with van der Waals surface area (Å²) in [6.07, 6.45) is 5.56. The van der Waals surface area contributed by atoms with E-state index in [0.29, 0.717) is 35.4 Å². The molecule has 9 nitrogen and oxygen atoms in total. The average Bonchev–Trinajstić information content (AvgIpc) is 3.42. The number of ether oxygens (including phenoxy) is 2. The highest BCUT2D eigenvalue weighted by atomic mass is 35.5. The second-order valence-corrected chi connectivity index (χ2v) is 12.4. The van der Waals surface area contributed by atoms with Crippen molar-refractivity contribution in [3.63, 3.8) is 0 Å². The van der Waals surface area contributed by atoms with Crippen LogP contribution in [0.3, 0.4) is 0 Å². The Balaban J connectivity index is 1.45. The third-order valence-corrected chi connectivity index (χ3v) is 8.55. The summed E-state index contributed by atoms with van der Waals surface area (Å²) in [5.41, 5.74) is 1.29. The number of hydrogen-bond donors (Lipinski definition) is 1. The molecule has 11 heteroatoms. The topological polar surface area (TPSA) is 105 Å². The van der Waals surface area contributed by atoms with Gasteiger partial charge in [-0.25, -0.2) is 8.42 Å².